The Balaban J connectivity index is 1.66. The van der Waals surface area contributed by atoms with Crippen molar-refractivity contribution in [3.63, 3.8) is 0 Å². The van der Waals surface area contributed by atoms with E-state index in [9.17, 15) is 0 Å². The van der Waals surface area contributed by atoms with Gasteiger partial charge in [0.1, 0.15) is 6.33 Å². The van der Waals surface area contributed by atoms with E-state index >= 15 is 0 Å². The predicted octanol–water partition coefficient (Wildman–Crippen LogP) is 2.87. The van der Waals surface area contributed by atoms with Crippen LogP contribution in [0.25, 0.3) is 0 Å². The first-order valence-electron chi connectivity index (χ1n) is 7.01. The Labute approximate surface area is 113 Å². The second kappa shape index (κ2) is 4.42. The highest BCUT2D eigenvalue weighted by Crippen LogP contribution is 2.38. The Morgan fingerprint density at radius 2 is 2.05 bits per heavy atom. The maximum Gasteiger partial charge on any atom is 0.115 e. The average Bonchev–Trinajstić information content (AvgIpc) is 2.90. The first-order valence-corrected chi connectivity index (χ1v) is 7.01. The van der Waals surface area contributed by atoms with Crippen LogP contribution in [0.5, 0.6) is 0 Å². The van der Waals surface area contributed by atoms with Crippen LogP contribution in [0.3, 0.4) is 0 Å². The van der Waals surface area contributed by atoms with Crippen LogP contribution < -0.4 is 0 Å². The molecule has 3 nitrogen and oxygen atoms in total. The highest BCUT2D eigenvalue weighted by Gasteiger charge is 2.30. The fourth-order valence-electron chi connectivity index (χ4n) is 3.45. The summed E-state index contributed by atoms with van der Waals surface area (Å²) in [4.78, 5) is 11.1. The lowest BCUT2D eigenvalue weighted by atomic mass is 9.87. The second-order valence-electron chi connectivity index (χ2n) is 5.51. The molecule has 1 aliphatic heterocycles. The van der Waals surface area contributed by atoms with E-state index in [-0.39, 0.29) is 0 Å². The molecule has 2 aliphatic rings. The van der Waals surface area contributed by atoms with Gasteiger partial charge in [0.05, 0.1) is 5.69 Å². The summed E-state index contributed by atoms with van der Waals surface area (Å²) in [6.07, 6.45) is 7.42. The largest absolute Gasteiger partial charge is 0.286 e. The molecule has 2 heterocycles. The van der Waals surface area contributed by atoms with Crippen molar-refractivity contribution < 1.29 is 0 Å². The molecule has 1 aromatic heterocycles. The quantitative estimate of drug-likeness (QED) is 0.780. The maximum atomic E-state index is 4.41. The molecular formula is C16H17N3. The standard InChI is InChI=1S/C16H17N3/c1-2-6-14-12(4-1)5-3-7-16(14)19-9-13-8-17-11-18-15(13)10-19/h1-2,4,6,8,11,16H,3,5,7,9-10H2. The lowest BCUT2D eigenvalue weighted by molar-refractivity contribution is 0.179. The van der Waals surface area contributed by atoms with E-state index in [0.717, 1.165) is 13.1 Å². The molecule has 0 amide bonds. The predicted molar refractivity (Wildman–Crippen MR) is 73.4 cm³/mol. The van der Waals surface area contributed by atoms with Gasteiger partial charge in [-0.2, -0.15) is 0 Å². The zero-order valence-electron chi connectivity index (χ0n) is 10.9. The molecule has 0 N–H and O–H groups in total. The van der Waals surface area contributed by atoms with Gasteiger partial charge in [0.2, 0.25) is 0 Å². The second-order valence-corrected chi connectivity index (χ2v) is 5.51. The third-order valence-corrected chi connectivity index (χ3v) is 4.39. The van der Waals surface area contributed by atoms with E-state index in [4.69, 9.17) is 0 Å². The van der Waals surface area contributed by atoms with E-state index in [0.29, 0.717) is 6.04 Å². The van der Waals surface area contributed by atoms with E-state index in [1.807, 2.05) is 6.20 Å². The first-order chi connectivity index (χ1) is 9.42. The van der Waals surface area contributed by atoms with E-state index in [2.05, 4.69) is 39.1 Å². The lowest BCUT2D eigenvalue weighted by Crippen LogP contribution is -2.26. The molecule has 0 fully saturated rings. The van der Waals surface area contributed by atoms with Crippen molar-refractivity contribution >= 4 is 0 Å². The van der Waals surface area contributed by atoms with Gasteiger partial charge in [0.15, 0.2) is 0 Å². The highest BCUT2D eigenvalue weighted by molar-refractivity contribution is 5.33. The molecule has 1 aromatic carbocycles. The fourth-order valence-corrected chi connectivity index (χ4v) is 3.45. The number of hydrogen-bond acceptors (Lipinski definition) is 3. The summed E-state index contributed by atoms with van der Waals surface area (Å²) in [5.41, 5.74) is 5.55. The molecule has 1 aliphatic carbocycles. The number of hydrogen-bond donors (Lipinski definition) is 0. The van der Waals surface area contributed by atoms with Crippen molar-refractivity contribution in [2.75, 3.05) is 0 Å². The third kappa shape index (κ3) is 1.85. The number of benzene rings is 1. The number of aryl methyl sites for hydroxylation is 1. The Bertz CT molecular complexity index is 583. The zero-order chi connectivity index (χ0) is 12.7. The number of fused-ring (bicyclic) bond motifs is 2. The molecule has 0 bridgehead atoms. The van der Waals surface area contributed by atoms with Gasteiger partial charge in [0, 0.05) is 30.9 Å². The summed E-state index contributed by atoms with van der Waals surface area (Å²) in [5.74, 6) is 0. The topological polar surface area (TPSA) is 29.0 Å². The summed E-state index contributed by atoms with van der Waals surface area (Å²) in [5, 5.41) is 0. The average molecular weight is 251 g/mol. The Hall–Kier alpha value is -1.74. The van der Waals surface area contributed by atoms with Gasteiger partial charge in [-0.05, 0) is 30.4 Å². The molecule has 3 heteroatoms. The summed E-state index contributed by atoms with van der Waals surface area (Å²) < 4.78 is 0. The van der Waals surface area contributed by atoms with E-state index < -0.39 is 0 Å². The molecule has 0 radical (unpaired) electrons. The number of rotatable bonds is 1. The fraction of sp³-hybridized carbons (Fsp3) is 0.375. The molecule has 19 heavy (non-hydrogen) atoms. The monoisotopic (exact) mass is 251 g/mol. The van der Waals surface area contributed by atoms with Crippen LogP contribution in [0.4, 0.5) is 0 Å². The van der Waals surface area contributed by atoms with Gasteiger partial charge >= 0.3 is 0 Å². The van der Waals surface area contributed by atoms with Gasteiger partial charge in [-0.1, -0.05) is 24.3 Å². The Morgan fingerprint density at radius 1 is 1.11 bits per heavy atom. The van der Waals surface area contributed by atoms with Crippen LogP contribution in [-0.2, 0) is 19.5 Å². The van der Waals surface area contributed by atoms with E-state index in [1.165, 1.54) is 41.6 Å². The molecular weight excluding hydrogens is 234 g/mol. The molecule has 2 aromatic rings. The van der Waals surface area contributed by atoms with Crippen molar-refractivity contribution in [2.24, 2.45) is 0 Å². The summed E-state index contributed by atoms with van der Waals surface area (Å²) in [6.45, 7) is 1.96. The Morgan fingerprint density at radius 3 is 3.00 bits per heavy atom. The minimum Gasteiger partial charge on any atom is -0.286 e. The van der Waals surface area contributed by atoms with Crippen LogP contribution in [0, 0.1) is 0 Å². The van der Waals surface area contributed by atoms with Crippen molar-refractivity contribution in [1.82, 2.24) is 14.9 Å². The molecule has 4 rings (SSSR count). The number of aromatic nitrogens is 2. The van der Waals surface area contributed by atoms with Gasteiger partial charge in [-0.25, -0.2) is 9.97 Å². The van der Waals surface area contributed by atoms with Crippen molar-refractivity contribution in [3.8, 4) is 0 Å². The van der Waals surface area contributed by atoms with Crippen LogP contribution in [0.1, 0.15) is 41.3 Å². The molecule has 0 saturated carbocycles. The minimum absolute atomic E-state index is 0.555. The highest BCUT2D eigenvalue weighted by atomic mass is 15.2. The third-order valence-electron chi connectivity index (χ3n) is 4.39. The van der Waals surface area contributed by atoms with Crippen LogP contribution >= 0.6 is 0 Å². The van der Waals surface area contributed by atoms with Crippen molar-refractivity contribution in [2.45, 2.75) is 38.4 Å². The molecule has 0 spiro atoms. The molecule has 0 saturated heterocycles. The van der Waals surface area contributed by atoms with Crippen LogP contribution in [0.15, 0.2) is 36.8 Å². The van der Waals surface area contributed by atoms with Crippen LogP contribution in [-0.4, -0.2) is 14.9 Å². The first kappa shape index (κ1) is 11.1. The summed E-state index contributed by atoms with van der Waals surface area (Å²) in [7, 11) is 0. The maximum absolute atomic E-state index is 4.41. The van der Waals surface area contributed by atoms with Gasteiger partial charge in [-0.15, -0.1) is 0 Å². The minimum atomic E-state index is 0.555. The normalized spacial score (nSPS) is 22.0. The zero-order valence-corrected chi connectivity index (χ0v) is 10.9. The molecule has 96 valence electrons. The Kier molecular flexibility index (Phi) is 2.59. The number of nitrogens with zero attached hydrogens (tertiary/aromatic N) is 3. The summed E-state index contributed by atoms with van der Waals surface area (Å²) in [6, 6.07) is 9.46. The SMILES string of the molecule is c1ccc2c(c1)CCCC2N1Cc2cncnc2C1. The van der Waals surface area contributed by atoms with Crippen molar-refractivity contribution in [1.29, 1.82) is 0 Å². The summed E-state index contributed by atoms with van der Waals surface area (Å²) >= 11 is 0. The van der Waals surface area contributed by atoms with Gasteiger partial charge < -0.3 is 0 Å². The van der Waals surface area contributed by atoms with Gasteiger partial charge in [-0.3, -0.25) is 4.90 Å². The van der Waals surface area contributed by atoms with Crippen molar-refractivity contribution in [3.05, 3.63) is 59.2 Å². The van der Waals surface area contributed by atoms with Gasteiger partial charge in [0.25, 0.3) is 0 Å². The van der Waals surface area contributed by atoms with E-state index in [1.54, 1.807) is 6.33 Å². The lowest BCUT2D eigenvalue weighted by Gasteiger charge is -2.32. The molecule has 1 atom stereocenters. The molecule has 1 unspecified atom stereocenters. The van der Waals surface area contributed by atoms with Crippen LogP contribution in [0.2, 0.25) is 0 Å². The smallest absolute Gasteiger partial charge is 0.115 e.